The van der Waals surface area contributed by atoms with E-state index < -0.39 is 0 Å². The van der Waals surface area contributed by atoms with Crippen LogP contribution in [0.3, 0.4) is 0 Å². The van der Waals surface area contributed by atoms with Gasteiger partial charge < -0.3 is 9.30 Å². The van der Waals surface area contributed by atoms with Crippen LogP contribution in [0.5, 0.6) is 5.75 Å². The molecule has 3 rings (SSSR count). The van der Waals surface area contributed by atoms with Crippen LogP contribution >= 0.6 is 11.8 Å². The van der Waals surface area contributed by atoms with Crippen LogP contribution < -0.4 is 10.2 Å². The molecule has 3 aromatic rings. The molecule has 28 heavy (non-hydrogen) atoms. The van der Waals surface area contributed by atoms with Gasteiger partial charge in [-0.1, -0.05) is 11.8 Å². The van der Waals surface area contributed by atoms with Crippen LogP contribution in [-0.2, 0) is 4.79 Å². The Morgan fingerprint density at radius 1 is 1.21 bits per heavy atom. The molecule has 1 N–H and O–H groups in total. The molecule has 0 aliphatic carbocycles. The van der Waals surface area contributed by atoms with Gasteiger partial charge in [0, 0.05) is 35.0 Å². The topological polar surface area (TPSA) is 81.4 Å². The highest BCUT2D eigenvalue weighted by Gasteiger charge is 2.05. The summed E-state index contributed by atoms with van der Waals surface area (Å²) in [5.74, 6) is 0.802. The lowest BCUT2D eigenvalue weighted by atomic mass is 10.3. The monoisotopic (exact) mass is 395 g/mol. The number of aryl methyl sites for hydroxylation is 2. The lowest BCUT2D eigenvalue weighted by Gasteiger charge is -2.04. The number of methoxy groups -OCH3 is 1. The Labute approximate surface area is 167 Å². The second kappa shape index (κ2) is 9.18. The smallest absolute Gasteiger partial charge is 0.250 e. The summed E-state index contributed by atoms with van der Waals surface area (Å²) in [4.78, 5) is 20.5. The molecule has 2 aromatic heterocycles. The fourth-order valence-corrected chi connectivity index (χ4v) is 3.25. The summed E-state index contributed by atoms with van der Waals surface area (Å²) >= 11 is 1.28. The first-order valence-corrected chi connectivity index (χ1v) is 9.61. The van der Waals surface area contributed by atoms with Gasteiger partial charge >= 0.3 is 0 Å². The van der Waals surface area contributed by atoms with Crippen molar-refractivity contribution in [2.24, 2.45) is 5.10 Å². The van der Waals surface area contributed by atoms with Crippen molar-refractivity contribution >= 4 is 23.9 Å². The largest absolute Gasteiger partial charge is 0.497 e. The lowest BCUT2D eigenvalue weighted by molar-refractivity contribution is -0.118. The Bertz CT molecular complexity index is 962. The first-order chi connectivity index (χ1) is 13.5. The maximum absolute atomic E-state index is 11.9. The number of rotatable bonds is 7. The zero-order valence-electron chi connectivity index (χ0n) is 15.9. The number of amides is 1. The number of carbonyl (C=O) groups is 1. The summed E-state index contributed by atoms with van der Waals surface area (Å²) in [6.07, 6.45) is 5.46. The molecule has 2 heterocycles. The van der Waals surface area contributed by atoms with Gasteiger partial charge in [-0.05, 0) is 50.2 Å². The van der Waals surface area contributed by atoms with E-state index in [-0.39, 0.29) is 11.7 Å². The van der Waals surface area contributed by atoms with E-state index in [1.807, 2.05) is 67.2 Å². The van der Waals surface area contributed by atoms with Crippen molar-refractivity contribution in [3.63, 3.8) is 0 Å². The first-order valence-electron chi connectivity index (χ1n) is 8.63. The first kappa shape index (κ1) is 19.6. The van der Waals surface area contributed by atoms with Gasteiger partial charge in [-0.25, -0.2) is 15.4 Å². The van der Waals surface area contributed by atoms with Gasteiger partial charge in [0.1, 0.15) is 5.75 Å². The van der Waals surface area contributed by atoms with Crippen LogP contribution in [0.1, 0.15) is 17.0 Å². The number of ether oxygens (including phenoxy) is 1. The van der Waals surface area contributed by atoms with E-state index in [4.69, 9.17) is 4.74 Å². The van der Waals surface area contributed by atoms with Crippen LogP contribution in [0.15, 0.2) is 59.0 Å². The molecule has 0 spiro atoms. The van der Waals surface area contributed by atoms with E-state index in [2.05, 4.69) is 20.5 Å². The van der Waals surface area contributed by atoms with Crippen LogP contribution in [0.25, 0.3) is 5.69 Å². The van der Waals surface area contributed by atoms with E-state index in [1.54, 1.807) is 13.3 Å². The number of hydrogen-bond acceptors (Lipinski definition) is 6. The van der Waals surface area contributed by atoms with Crippen molar-refractivity contribution in [3.8, 4) is 11.4 Å². The Kier molecular flexibility index (Phi) is 6.44. The highest BCUT2D eigenvalue weighted by atomic mass is 32.2. The molecule has 144 valence electrons. The van der Waals surface area contributed by atoms with Crippen LogP contribution in [-0.4, -0.2) is 39.5 Å². The summed E-state index contributed by atoms with van der Waals surface area (Å²) in [6.45, 7) is 3.81. The molecule has 0 aliphatic heterocycles. The third-order valence-electron chi connectivity index (χ3n) is 3.78. The minimum atomic E-state index is -0.210. The molecule has 0 saturated carbocycles. The summed E-state index contributed by atoms with van der Waals surface area (Å²) in [7, 11) is 1.64. The molecule has 0 fully saturated rings. The van der Waals surface area contributed by atoms with Crippen LogP contribution in [0, 0.1) is 13.8 Å². The van der Waals surface area contributed by atoms with Crippen molar-refractivity contribution in [2.75, 3.05) is 12.9 Å². The molecule has 0 radical (unpaired) electrons. The molecule has 0 bridgehead atoms. The number of benzene rings is 1. The summed E-state index contributed by atoms with van der Waals surface area (Å²) < 4.78 is 7.13. The second-order valence-corrected chi connectivity index (χ2v) is 7.01. The highest BCUT2D eigenvalue weighted by molar-refractivity contribution is 7.99. The molecular weight excluding hydrogens is 374 g/mol. The number of thioether (sulfide) groups is 1. The Morgan fingerprint density at radius 3 is 2.61 bits per heavy atom. The van der Waals surface area contributed by atoms with Crippen molar-refractivity contribution in [1.29, 1.82) is 0 Å². The van der Waals surface area contributed by atoms with Gasteiger partial charge in [0.2, 0.25) is 0 Å². The van der Waals surface area contributed by atoms with Crippen molar-refractivity contribution in [3.05, 3.63) is 65.7 Å². The fourth-order valence-electron chi connectivity index (χ4n) is 2.50. The standard InChI is InChI=1S/C20H21N5O2S/c1-14-10-15(2)23-20(22-14)28-13-19(26)24-21-11-16-8-9-25(12-16)17-4-6-18(27-3)7-5-17/h4-12H,13H2,1-3H3,(H,24,26)/b21-11-. The van der Waals surface area contributed by atoms with E-state index >= 15 is 0 Å². The molecule has 0 unspecified atom stereocenters. The molecule has 0 aliphatic rings. The van der Waals surface area contributed by atoms with Crippen LogP contribution in [0.2, 0.25) is 0 Å². The van der Waals surface area contributed by atoms with Crippen molar-refractivity contribution in [2.45, 2.75) is 19.0 Å². The average molecular weight is 395 g/mol. The molecule has 8 heteroatoms. The SMILES string of the molecule is COc1ccc(-n2ccc(/C=N\NC(=O)CSc3nc(C)cc(C)n3)c2)cc1. The van der Waals surface area contributed by atoms with E-state index in [1.165, 1.54) is 11.8 Å². The summed E-state index contributed by atoms with van der Waals surface area (Å²) in [5, 5.41) is 4.60. The summed E-state index contributed by atoms with van der Waals surface area (Å²) in [6, 6.07) is 11.5. The quantitative estimate of drug-likeness (QED) is 0.288. The van der Waals surface area contributed by atoms with Crippen LogP contribution in [0.4, 0.5) is 0 Å². The van der Waals surface area contributed by atoms with Gasteiger partial charge in [-0.15, -0.1) is 0 Å². The predicted molar refractivity (Wildman–Crippen MR) is 110 cm³/mol. The normalized spacial score (nSPS) is 11.0. The maximum atomic E-state index is 11.9. The maximum Gasteiger partial charge on any atom is 0.250 e. The van der Waals surface area contributed by atoms with Gasteiger partial charge in [0.05, 0.1) is 19.1 Å². The Morgan fingerprint density at radius 2 is 1.93 bits per heavy atom. The molecule has 0 atom stereocenters. The number of hydrazone groups is 1. The van der Waals surface area contributed by atoms with Crippen molar-refractivity contribution < 1.29 is 9.53 Å². The van der Waals surface area contributed by atoms with Gasteiger partial charge in [0.15, 0.2) is 5.16 Å². The molecule has 1 aromatic carbocycles. The molecule has 7 nitrogen and oxygen atoms in total. The third kappa shape index (κ3) is 5.43. The fraction of sp³-hybridized carbons (Fsp3) is 0.200. The number of nitrogens with one attached hydrogen (secondary N) is 1. The average Bonchev–Trinajstić information content (AvgIpc) is 3.15. The predicted octanol–water partition coefficient (Wildman–Crippen LogP) is 3.14. The molecule has 1 amide bonds. The molecule has 0 saturated heterocycles. The molecular formula is C20H21N5O2S. The number of aromatic nitrogens is 3. The van der Waals surface area contributed by atoms with E-state index in [9.17, 15) is 4.79 Å². The zero-order valence-corrected chi connectivity index (χ0v) is 16.7. The minimum absolute atomic E-state index is 0.201. The second-order valence-electron chi connectivity index (χ2n) is 6.07. The number of hydrogen-bond donors (Lipinski definition) is 1. The van der Waals surface area contributed by atoms with E-state index in [0.29, 0.717) is 5.16 Å². The minimum Gasteiger partial charge on any atom is -0.497 e. The third-order valence-corrected chi connectivity index (χ3v) is 4.63. The zero-order chi connectivity index (χ0) is 19.9. The van der Waals surface area contributed by atoms with Gasteiger partial charge in [-0.3, -0.25) is 4.79 Å². The number of nitrogens with zero attached hydrogens (tertiary/aromatic N) is 4. The van der Waals surface area contributed by atoms with Crippen molar-refractivity contribution in [1.82, 2.24) is 20.0 Å². The lowest BCUT2D eigenvalue weighted by Crippen LogP contribution is -2.19. The van der Waals surface area contributed by atoms with Gasteiger partial charge in [0.25, 0.3) is 5.91 Å². The van der Waals surface area contributed by atoms with Gasteiger partial charge in [-0.2, -0.15) is 5.10 Å². The highest BCUT2D eigenvalue weighted by Crippen LogP contribution is 2.16. The Balaban J connectivity index is 1.51. The number of carbonyl (C=O) groups excluding carboxylic acids is 1. The Hall–Kier alpha value is -3.13. The van der Waals surface area contributed by atoms with E-state index in [0.717, 1.165) is 28.4 Å². The summed E-state index contributed by atoms with van der Waals surface area (Å²) in [5.41, 5.74) is 6.18.